The molecule has 0 saturated carbocycles. The summed E-state index contributed by atoms with van der Waals surface area (Å²) in [6.45, 7) is 41.6. The number of aliphatic carboxylic acids is 1. The number of ketones is 1. The number of primary amides is 1. The highest BCUT2D eigenvalue weighted by molar-refractivity contribution is 7.90. The van der Waals surface area contributed by atoms with Gasteiger partial charge in [0, 0.05) is 83.0 Å². The first-order valence-corrected chi connectivity index (χ1v) is 44.4. The number of carboxylic acid groups (broad SMARTS) is 1. The van der Waals surface area contributed by atoms with Gasteiger partial charge in [-0.3, -0.25) is 48.7 Å². The van der Waals surface area contributed by atoms with Crippen LogP contribution in [0.2, 0.25) is 0 Å². The monoisotopic (exact) mass is 1840 g/mol. The second-order valence-electron chi connectivity index (χ2n) is 30.4. The van der Waals surface area contributed by atoms with Crippen molar-refractivity contribution < 1.29 is 99.3 Å². The van der Waals surface area contributed by atoms with Gasteiger partial charge in [0.1, 0.15) is 80.3 Å². The Kier molecular flexibility index (Phi) is 59.8. The molecule has 9 aromatic rings. The summed E-state index contributed by atoms with van der Waals surface area (Å²) in [5, 5.41) is 16.4. The number of hydrogen-bond donors (Lipinski definition) is 5. The number of nitrogens with one attached hydrogen (secondary N) is 3. The van der Waals surface area contributed by atoms with Crippen LogP contribution in [0.15, 0.2) is 176 Å². The van der Waals surface area contributed by atoms with Crippen molar-refractivity contribution in [2.24, 2.45) is 5.73 Å². The molecule has 35 nitrogen and oxygen atoms in total. The number of carbonyl (C=O) groups excluding carboxylic acids is 8. The zero-order chi connectivity index (χ0) is 99.1. The molecule has 0 aliphatic rings. The van der Waals surface area contributed by atoms with Crippen LogP contribution in [-0.2, 0) is 53.1 Å². The van der Waals surface area contributed by atoms with E-state index in [9.17, 15) is 42.0 Å². The van der Waals surface area contributed by atoms with Crippen LogP contribution in [-0.4, -0.2) is 206 Å². The number of nitrogens with zero attached hydrogens (tertiary/aromatic N) is 10. The minimum Gasteiger partial charge on any atom is -0.489 e. The number of pyridine rings is 9. The van der Waals surface area contributed by atoms with Gasteiger partial charge < -0.3 is 79.1 Å². The highest BCUT2D eigenvalue weighted by Gasteiger charge is 2.14. The standard InChI is InChI=1S/C12H17NO2.4C11H16N2O2.C11H15NO3.C10H14N2O2.C9H13NO3S.C8H11NO.CO2/c1-9(2)15-12-7-6-11(13-8-12)5-4-10(3)14;1-8(2)15-9-5-6-10(12-7-9)11(14)13(3)4;1-8(2)15-10-5-3-9(13-7-10)4-6-11(12)14;2*1-4-12-11(14)10-6-5-9(7-13-10)15-8(2)3;1-8(2)15-10-5-3-9(12-7-10)4-6-11(13)14;1-7(2)14-8-4-5-9(12-6-8)10(13)11-3;1-7(2)13-8-4-5-9(10-6-8)14(3,11)12;1-7(2)10-8-4-3-5-9-6-8;2-1-3/h6-9H,4-5H2,1-3H3;5-8H,1-4H3;3,5,7-8H,4,6H2,1-2H3,(H2,12,14);2*5-8H,4H2,1-3H3,(H,12,14);3,5,7-8H,4,6H2,1-2H3,(H,13,14);4-7H,1-3H3,(H,11,13);4-7H,1-3H3;3-7H,1-2H3;. The molecule has 0 fully saturated rings. The summed E-state index contributed by atoms with van der Waals surface area (Å²) < 4.78 is 70.8. The molecule has 0 radical (unpaired) electrons. The Balaban J connectivity index is 0.00000145. The van der Waals surface area contributed by atoms with E-state index in [1.54, 1.807) is 145 Å². The molecule has 9 heterocycles. The number of carboxylic acids is 1. The topological polar surface area (TPSA) is 472 Å². The predicted octanol–water partition coefficient (Wildman–Crippen LogP) is 14.2. The Bertz CT molecular complexity index is 4590. The van der Waals surface area contributed by atoms with Crippen molar-refractivity contribution in [2.75, 3.05) is 40.5 Å². The third kappa shape index (κ3) is 59.9. The van der Waals surface area contributed by atoms with Gasteiger partial charge in [0.2, 0.25) is 5.91 Å². The molecule has 0 saturated heterocycles. The van der Waals surface area contributed by atoms with E-state index in [0.29, 0.717) is 102 Å². The lowest BCUT2D eigenvalue weighted by Crippen LogP contribution is -2.23. The molecule has 6 N–H and O–H groups in total. The predicted molar refractivity (Wildman–Crippen MR) is 498 cm³/mol. The molecule has 9 rings (SSSR count). The SMILES string of the molecule is CC(=O)CCc1ccc(OC(C)C)cn1.CC(C)Oc1ccc(C(=O)N(C)C)nc1.CC(C)Oc1ccc(CCC(=O)O)nc1.CC(C)Oc1ccc(CCC(N)=O)nc1.CC(C)Oc1ccc(S(C)(=O)=O)nc1.CC(C)Oc1cccnc1.CCNC(=O)c1ccc(OC(C)C)cn1.CCNC(=O)c1ccc(OC(C)C)cn1.CNC(=O)c1ccc(OC(C)C)cn1.O=C=O. The molecule has 0 aliphatic heterocycles. The summed E-state index contributed by atoms with van der Waals surface area (Å²) in [4.78, 5) is 131. The summed E-state index contributed by atoms with van der Waals surface area (Å²) in [5.41, 5.74) is 9.24. The molecule has 0 aliphatic carbocycles. The van der Waals surface area contributed by atoms with E-state index in [1.165, 1.54) is 17.2 Å². The minimum absolute atomic E-state index is 0.0564. The summed E-state index contributed by atoms with van der Waals surface area (Å²) >= 11 is 0. The van der Waals surface area contributed by atoms with Gasteiger partial charge in [0.15, 0.2) is 14.9 Å². The second-order valence-corrected chi connectivity index (χ2v) is 32.4. The second kappa shape index (κ2) is 66.7. The Morgan fingerprint density at radius 1 is 0.389 bits per heavy atom. The van der Waals surface area contributed by atoms with Crippen LogP contribution in [0.25, 0.3) is 0 Å². The Hall–Kier alpha value is -13.6. The zero-order valence-electron chi connectivity index (χ0n) is 80.1. The molecule has 9 aromatic heterocycles. The average molecular weight is 1840 g/mol. The number of carbonyl (C=O) groups is 7. The maximum Gasteiger partial charge on any atom is 0.373 e. The molecule has 0 bridgehead atoms. The molecular formula is C95H134N14O21S. The van der Waals surface area contributed by atoms with Crippen LogP contribution in [0.5, 0.6) is 51.7 Å². The van der Waals surface area contributed by atoms with E-state index < -0.39 is 15.8 Å². The van der Waals surface area contributed by atoms with E-state index in [-0.39, 0.29) is 108 Å². The van der Waals surface area contributed by atoms with Crippen LogP contribution >= 0.6 is 0 Å². The van der Waals surface area contributed by atoms with Gasteiger partial charge in [-0.1, -0.05) is 0 Å². The number of rotatable bonds is 34. The van der Waals surface area contributed by atoms with E-state index in [1.807, 2.05) is 181 Å². The third-order valence-electron chi connectivity index (χ3n) is 14.6. The molecule has 36 heteroatoms. The van der Waals surface area contributed by atoms with Gasteiger partial charge in [0.05, 0.1) is 117 Å². The van der Waals surface area contributed by atoms with E-state index >= 15 is 0 Å². The van der Waals surface area contributed by atoms with Crippen molar-refractivity contribution >= 4 is 57.3 Å². The van der Waals surface area contributed by atoms with Crippen LogP contribution in [0.4, 0.5) is 0 Å². The first kappa shape index (κ1) is 117. The first-order chi connectivity index (χ1) is 61.7. The molecular weight excluding hydrogens is 1710 g/mol. The van der Waals surface area contributed by atoms with Crippen molar-refractivity contribution in [3.05, 3.63) is 211 Å². The zero-order valence-corrected chi connectivity index (χ0v) is 80.9. The van der Waals surface area contributed by atoms with Crippen molar-refractivity contribution in [1.82, 2.24) is 65.7 Å². The van der Waals surface area contributed by atoms with Crippen molar-refractivity contribution in [2.45, 2.75) is 244 Å². The Morgan fingerprint density at radius 3 is 0.870 bits per heavy atom. The maximum absolute atomic E-state index is 11.5. The van der Waals surface area contributed by atoms with Gasteiger partial charge in [-0.2, -0.15) is 9.59 Å². The summed E-state index contributed by atoms with van der Waals surface area (Å²) in [6, 6.07) is 31.5. The fourth-order valence-corrected chi connectivity index (χ4v) is 9.95. The number of hydrogen-bond acceptors (Lipinski definition) is 29. The molecule has 0 spiro atoms. The number of aryl methyl sites for hydroxylation is 3. The van der Waals surface area contributed by atoms with Crippen molar-refractivity contribution in [3.8, 4) is 51.7 Å². The lowest BCUT2D eigenvalue weighted by atomic mass is 10.2. The lowest BCUT2D eigenvalue weighted by molar-refractivity contribution is -0.191. The van der Waals surface area contributed by atoms with Crippen LogP contribution in [0.1, 0.15) is 224 Å². The number of Topliss-reactive ketones (excluding diaryl/α,β-unsaturated/α-hetero) is 1. The molecule has 0 atom stereocenters. The minimum atomic E-state index is -3.21. The Labute approximate surface area is 771 Å². The molecule has 0 aromatic carbocycles. The summed E-state index contributed by atoms with van der Waals surface area (Å²) in [6.07, 6.45) is 21.3. The van der Waals surface area contributed by atoms with E-state index in [0.717, 1.165) is 40.6 Å². The number of nitrogens with two attached hydrogens (primary N) is 1. The highest BCUT2D eigenvalue weighted by Crippen LogP contribution is 2.20. The van der Waals surface area contributed by atoms with Crippen molar-refractivity contribution in [3.63, 3.8) is 0 Å². The fraction of sp³-hybridized carbons (Fsp3) is 0.442. The molecule has 0 unspecified atom stereocenters. The molecule has 131 heavy (non-hydrogen) atoms. The van der Waals surface area contributed by atoms with E-state index in [2.05, 4.69) is 60.8 Å². The number of ether oxygens (including phenoxy) is 9. The normalized spacial score (nSPS) is 10.2. The average Bonchev–Trinajstić information content (AvgIpc) is 0.851. The fourth-order valence-electron chi connectivity index (χ4n) is 9.39. The summed E-state index contributed by atoms with van der Waals surface area (Å²) in [5.74, 6) is 4.81. The van der Waals surface area contributed by atoms with Crippen LogP contribution in [0.3, 0.4) is 0 Å². The number of amides is 5. The van der Waals surface area contributed by atoms with Crippen LogP contribution < -0.4 is 64.3 Å². The summed E-state index contributed by atoms with van der Waals surface area (Å²) in [7, 11) is 1.75. The van der Waals surface area contributed by atoms with Gasteiger partial charge in [0.25, 0.3) is 23.6 Å². The number of sulfone groups is 1. The molecule has 716 valence electrons. The van der Waals surface area contributed by atoms with Gasteiger partial charge in [-0.15, -0.1) is 0 Å². The highest BCUT2D eigenvalue weighted by atomic mass is 32.2. The number of aromatic nitrogens is 9. The quantitative estimate of drug-likeness (QED) is 0.0250. The van der Waals surface area contributed by atoms with E-state index in [4.69, 9.17) is 63.1 Å². The Morgan fingerprint density at radius 2 is 0.656 bits per heavy atom. The van der Waals surface area contributed by atoms with Crippen LogP contribution in [0, 0.1) is 0 Å². The smallest absolute Gasteiger partial charge is 0.373 e. The molecule has 5 amide bonds. The van der Waals surface area contributed by atoms with Gasteiger partial charge in [-0.25, -0.2) is 33.3 Å². The maximum atomic E-state index is 11.5. The lowest BCUT2D eigenvalue weighted by Gasteiger charge is -2.11. The largest absolute Gasteiger partial charge is 0.489 e. The third-order valence-corrected chi connectivity index (χ3v) is 15.6. The van der Waals surface area contributed by atoms with Gasteiger partial charge >= 0.3 is 12.1 Å². The van der Waals surface area contributed by atoms with Crippen molar-refractivity contribution in [1.29, 1.82) is 0 Å². The van der Waals surface area contributed by atoms with Gasteiger partial charge in [-0.05, 0) is 267 Å². The first-order valence-electron chi connectivity index (χ1n) is 42.5.